The molecule has 0 spiro atoms. The van der Waals surface area contributed by atoms with Gasteiger partial charge < -0.3 is 4.90 Å². The molecule has 2 aromatic carbocycles. The highest BCUT2D eigenvalue weighted by molar-refractivity contribution is 6.31. The summed E-state index contributed by atoms with van der Waals surface area (Å²) in [6.07, 6.45) is 2.69. The first-order valence-corrected chi connectivity index (χ1v) is 9.26. The van der Waals surface area contributed by atoms with E-state index in [1.54, 1.807) is 11.0 Å². The molecule has 1 heterocycles. The Balaban J connectivity index is 1.83. The van der Waals surface area contributed by atoms with Crippen LogP contribution in [0.5, 0.6) is 0 Å². The van der Waals surface area contributed by atoms with Crippen molar-refractivity contribution < 1.29 is 9.18 Å². The highest BCUT2D eigenvalue weighted by atomic mass is 35.5. The fourth-order valence-electron chi connectivity index (χ4n) is 3.76. The molecule has 134 valence electrons. The predicted octanol–water partition coefficient (Wildman–Crippen LogP) is 5.52. The van der Waals surface area contributed by atoms with Gasteiger partial charge in [0, 0.05) is 10.7 Å². The molecular weight excluding hydrogens is 351 g/mol. The first-order chi connectivity index (χ1) is 12.4. The van der Waals surface area contributed by atoms with Crippen molar-refractivity contribution in [3.05, 3.63) is 57.9 Å². The largest absolute Gasteiger partial charge is 0.305 e. The van der Waals surface area contributed by atoms with E-state index >= 15 is 0 Å². The summed E-state index contributed by atoms with van der Waals surface area (Å²) in [4.78, 5) is 19.9. The topological polar surface area (TPSA) is 32.7 Å². The normalized spacial score (nSPS) is 19.1. The molecule has 1 aliphatic heterocycles. The van der Waals surface area contributed by atoms with E-state index in [1.807, 2.05) is 19.1 Å². The number of hydrogen-bond donors (Lipinski definition) is 0. The van der Waals surface area contributed by atoms with E-state index in [0.717, 1.165) is 53.0 Å². The highest BCUT2D eigenvalue weighted by Crippen LogP contribution is 2.40. The summed E-state index contributed by atoms with van der Waals surface area (Å²) < 4.78 is 13.4. The second kappa shape index (κ2) is 6.51. The quantitative estimate of drug-likeness (QED) is 0.685. The van der Waals surface area contributed by atoms with E-state index in [2.05, 4.69) is 6.92 Å². The van der Waals surface area contributed by atoms with Crippen LogP contribution in [0.2, 0.25) is 5.02 Å². The summed E-state index contributed by atoms with van der Waals surface area (Å²) in [5, 5.41) is 0.333. The second-order valence-corrected chi connectivity index (χ2v) is 7.54. The Morgan fingerprint density at radius 2 is 2.00 bits per heavy atom. The van der Waals surface area contributed by atoms with Crippen LogP contribution in [0.4, 0.5) is 15.8 Å². The van der Waals surface area contributed by atoms with Crippen molar-refractivity contribution >= 4 is 34.6 Å². The van der Waals surface area contributed by atoms with Crippen molar-refractivity contribution in [1.82, 2.24) is 0 Å². The third-order valence-corrected chi connectivity index (χ3v) is 5.73. The van der Waals surface area contributed by atoms with E-state index in [9.17, 15) is 9.18 Å². The number of benzene rings is 2. The summed E-state index contributed by atoms with van der Waals surface area (Å²) in [5.74, 6) is -0.486. The number of anilines is 1. The van der Waals surface area contributed by atoms with Gasteiger partial charge in [-0.25, -0.2) is 4.39 Å². The second-order valence-electron chi connectivity index (χ2n) is 7.13. The van der Waals surface area contributed by atoms with Crippen LogP contribution in [-0.2, 0) is 11.3 Å². The van der Waals surface area contributed by atoms with E-state index in [4.69, 9.17) is 16.6 Å². The fourth-order valence-corrected chi connectivity index (χ4v) is 3.99. The average Bonchev–Trinajstić information content (AvgIpc) is 3.02. The highest BCUT2D eigenvalue weighted by Gasteiger charge is 2.36. The minimum atomic E-state index is -0.380. The van der Waals surface area contributed by atoms with Crippen molar-refractivity contribution in [3.8, 4) is 0 Å². The van der Waals surface area contributed by atoms with Crippen LogP contribution < -0.4 is 4.90 Å². The number of carbonyl (C=O) groups excluding carboxylic acids is 1. The monoisotopic (exact) mass is 370 g/mol. The number of halogens is 2. The van der Waals surface area contributed by atoms with Crippen LogP contribution in [0.15, 0.2) is 35.3 Å². The Kier molecular flexibility index (Phi) is 4.31. The van der Waals surface area contributed by atoms with Crippen molar-refractivity contribution in [2.24, 2.45) is 10.9 Å². The lowest BCUT2D eigenvalue weighted by atomic mass is 10.0. The molecule has 1 atom stereocenters. The SMILES string of the molecule is Cc1cc2c(cc1C)N(Cc1ccc(F)cc1Cl)C(=O)C1CCCC1=N2. The Morgan fingerprint density at radius 3 is 2.77 bits per heavy atom. The molecule has 1 aliphatic carbocycles. The van der Waals surface area contributed by atoms with E-state index in [0.29, 0.717) is 11.6 Å². The maximum Gasteiger partial charge on any atom is 0.236 e. The molecular formula is C21H20ClFN2O. The van der Waals surface area contributed by atoms with Gasteiger partial charge in [-0.15, -0.1) is 0 Å². The van der Waals surface area contributed by atoms with Gasteiger partial charge in [0.2, 0.25) is 5.91 Å². The van der Waals surface area contributed by atoms with E-state index in [1.165, 1.54) is 12.1 Å². The molecule has 2 aromatic rings. The molecule has 4 rings (SSSR count). The molecule has 0 aromatic heterocycles. The summed E-state index contributed by atoms with van der Waals surface area (Å²) in [6.45, 7) is 4.39. The molecule has 1 unspecified atom stereocenters. The molecule has 0 bridgehead atoms. The number of nitrogens with zero attached hydrogens (tertiary/aromatic N) is 2. The summed E-state index contributed by atoms with van der Waals surface area (Å²) in [7, 11) is 0. The Morgan fingerprint density at radius 1 is 1.23 bits per heavy atom. The third kappa shape index (κ3) is 2.92. The number of amides is 1. The molecule has 2 aliphatic rings. The van der Waals surface area contributed by atoms with Gasteiger partial charge in [-0.05, 0) is 74.1 Å². The van der Waals surface area contributed by atoms with Crippen molar-refractivity contribution in [2.45, 2.75) is 39.7 Å². The Hall–Kier alpha value is -2.20. The summed E-state index contributed by atoms with van der Waals surface area (Å²) in [6, 6.07) is 8.38. The molecule has 5 heteroatoms. The van der Waals surface area contributed by atoms with Crippen LogP contribution >= 0.6 is 11.6 Å². The number of aliphatic imine (C=N–C) groups is 1. The van der Waals surface area contributed by atoms with Crippen molar-refractivity contribution in [2.75, 3.05) is 4.90 Å². The van der Waals surface area contributed by atoms with Crippen LogP contribution in [-0.4, -0.2) is 11.6 Å². The average molecular weight is 371 g/mol. The smallest absolute Gasteiger partial charge is 0.236 e. The lowest BCUT2D eigenvalue weighted by Gasteiger charge is -2.26. The molecule has 0 saturated heterocycles. The van der Waals surface area contributed by atoms with E-state index < -0.39 is 0 Å². The van der Waals surface area contributed by atoms with Gasteiger partial charge in [-0.1, -0.05) is 17.7 Å². The zero-order valence-electron chi connectivity index (χ0n) is 14.9. The minimum Gasteiger partial charge on any atom is -0.305 e. The molecule has 1 fully saturated rings. The number of rotatable bonds is 2. The maximum absolute atomic E-state index is 13.4. The summed E-state index contributed by atoms with van der Waals surface area (Å²) in [5.41, 5.74) is 5.61. The number of hydrogen-bond acceptors (Lipinski definition) is 2. The zero-order chi connectivity index (χ0) is 18.4. The Labute approximate surface area is 157 Å². The summed E-state index contributed by atoms with van der Waals surface area (Å²) >= 11 is 6.23. The fraction of sp³-hybridized carbons (Fsp3) is 0.333. The Bertz CT molecular complexity index is 938. The van der Waals surface area contributed by atoms with Crippen LogP contribution in [0.1, 0.15) is 36.0 Å². The van der Waals surface area contributed by atoms with Gasteiger partial charge in [0.1, 0.15) is 5.82 Å². The molecule has 3 nitrogen and oxygen atoms in total. The lowest BCUT2D eigenvalue weighted by Crippen LogP contribution is -2.36. The van der Waals surface area contributed by atoms with Gasteiger partial charge in [0.25, 0.3) is 0 Å². The van der Waals surface area contributed by atoms with Gasteiger partial charge in [0.15, 0.2) is 0 Å². The van der Waals surface area contributed by atoms with Gasteiger partial charge >= 0.3 is 0 Å². The minimum absolute atomic E-state index is 0.0589. The van der Waals surface area contributed by atoms with Crippen molar-refractivity contribution in [1.29, 1.82) is 0 Å². The van der Waals surface area contributed by atoms with Gasteiger partial charge in [-0.2, -0.15) is 0 Å². The number of carbonyl (C=O) groups is 1. The van der Waals surface area contributed by atoms with Gasteiger partial charge in [-0.3, -0.25) is 9.79 Å². The number of aryl methyl sites for hydroxylation is 2. The predicted molar refractivity (Wildman–Crippen MR) is 103 cm³/mol. The molecule has 0 N–H and O–H groups in total. The molecule has 26 heavy (non-hydrogen) atoms. The zero-order valence-corrected chi connectivity index (χ0v) is 15.6. The third-order valence-electron chi connectivity index (χ3n) is 5.38. The van der Waals surface area contributed by atoms with Gasteiger partial charge in [0.05, 0.1) is 23.8 Å². The molecule has 0 radical (unpaired) electrons. The molecule has 1 amide bonds. The maximum atomic E-state index is 13.4. The van der Waals surface area contributed by atoms with Crippen LogP contribution in [0.3, 0.4) is 0 Å². The van der Waals surface area contributed by atoms with Crippen LogP contribution in [0.25, 0.3) is 0 Å². The lowest BCUT2D eigenvalue weighted by molar-refractivity contribution is -0.120. The van der Waals surface area contributed by atoms with E-state index in [-0.39, 0.29) is 17.6 Å². The van der Waals surface area contributed by atoms with Crippen LogP contribution in [0, 0.1) is 25.6 Å². The first-order valence-electron chi connectivity index (χ1n) is 8.88. The number of fused-ring (bicyclic) bond motifs is 2. The first kappa shape index (κ1) is 17.2. The standard InChI is InChI=1S/C21H20ClFN2O/c1-12-8-19-20(9-13(12)2)25(11-14-6-7-15(23)10-17(14)22)21(26)16-4-3-5-18(16)24-19/h6-10,16H,3-5,11H2,1-2H3. The molecule has 1 saturated carbocycles. The van der Waals surface area contributed by atoms with Crippen molar-refractivity contribution in [3.63, 3.8) is 0 Å².